The number of halogens is 4. The predicted octanol–water partition coefficient (Wildman–Crippen LogP) is 7.02. The third kappa shape index (κ3) is 7.92. The number of hydrogen-bond donors (Lipinski definition) is 3. The zero-order valence-electron chi connectivity index (χ0n) is 25.3. The van der Waals surface area contributed by atoms with Gasteiger partial charge in [0, 0.05) is 22.7 Å². The Hall–Kier alpha value is -3.73. The summed E-state index contributed by atoms with van der Waals surface area (Å²) in [4.78, 5) is 40.3. The van der Waals surface area contributed by atoms with Crippen LogP contribution in [-0.4, -0.2) is 50.3 Å². The molecule has 1 aliphatic rings. The van der Waals surface area contributed by atoms with Crippen molar-refractivity contribution >= 4 is 52.4 Å². The van der Waals surface area contributed by atoms with E-state index < -0.39 is 59.6 Å². The highest BCUT2D eigenvalue weighted by Gasteiger charge is 2.52. The number of amides is 2. The lowest BCUT2D eigenvalue weighted by Crippen LogP contribution is -2.43. The van der Waals surface area contributed by atoms with Crippen LogP contribution >= 0.6 is 23.2 Å². The highest BCUT2D eigenvalue weighted by molar-refractivity contribution is 6.31. The van der Waals surface area contributed by atoms with Gasteiger partial charge in [0.25, 0.3) is 0 Å². The fourth-order valence-corrected chi connectivity index (χ4v) is 5.98. The number of nitrogens with one attached hydrogen (secondary N) is 3. The predicted molar refractivity (Wildman–Crippen MR) is 170 cm³/mol. The SMILES string of the molecule is CCOC(=O)c1ccc(NC(=O)[C@@H]2NC(CC(C)(C)CF)C(C(=O)Nc3cccc(Cl)c3)C2c2cccc(Cl)c2F)c(OC)c1. The van der Waals surface area contributed by atoms with Crippen molar-refractivity contribution < 1.29 is 32.6 Å². The number of ether oxygens (including phenoxy) is 2. The van der Waals surface area contributed by atoms with Crippen molar-refractivity contribution in [3.63, 3.8) is 0 Å². The Balaban J connectivity index is 1.77. The van der Waals surface area contributed by atoms with Gasteiger partial charge in [-0.05, 0) is 66.8 Å². The molecule has 8 nitrogen and oxygen atoms in total. The first kappa shape index (κ1) is 34.1. The molecule has 3 N–H and O–H groups in total. The Labute approximate surface area is 270 Å². The molecule has 0 aromatic heterocycles. The lowest BCUT2D eigenvalue weighted by molar-refractivity contribution is -0.121. The van der Waals surface area contributed by atoms with Crippen molar-refractivity contribution in [3.8, 4) is 5.75 Å². The zero-order chi connectivity index (χ0) is 32.9. The van der Waals surface area contributed by atoms with E-state index in [2.05, 4.69) is 16.0 Å². The molecule has 3 unspecified atom stereocenters. The minimum absolute atomic E-state index is 0.0478. The lowest BCUT2D eigenvalue weighted by Gasteiger charge is -2.29. The molecular weight excluding hydrogens is 627 g/mol. The molecule has 0 saturated carbocycles. The molecule has 3 aromatic rings. The number of alkyl halides is 1. The minimum Gasteiger partial charge on any atom is -0.495 e. The summed E-state index contributed by atoms with van der Waals surface area (Å²) in [5.74, 6) is -4.37. The first-order valence-corrected chi connectivity index (χ1v) is 15.1. The van der Waals surface area contributed by atoms with Crippen molar-refractivity contribution in [2.24, 2.45) is 11.3 Å². The molecule has 0 aliphatic carbocycles. The molecule has 1 saturated heterocycles. The van der Waals surface area contributed by atoms with Crippen molar-refractivity contribution in [2.45, 2.75) is 45.2 Å². The fraction of sp³-hybridized carbons (Fsp3) is 0.364. The van der Waals surface area contributed by atoms with Gasteiger partial charge in [-0.25, -0.2) is 9.18 Å². The zero-order valence-corrected chi connectivity index (χ0v) is 26.8. The number of anilines is 2. The Morgan fingerprint density at radius 1 is 1.00 bits per heavy atom. The number of benzene rings is 3. The van der Waals surface area contributed by atoms with Crippen LogP contribution in [0.5, 0.6) is 5.75 Å². The molecule has 45 heavy (non-hydrogen) atoms. The normalized spacial score (nSPS) is 19.6. The highest BCUT2D eigenvalue weighted by Crippen LogP contribution is 2.44. The Kier molecular flexibility index (Phi) is 11.1. The summed E-state index contributed by atoms with van der Waals surface area (Å²) in [6.07, 6.45) is 0.150. The first-order valence-electron chi connectivity index (χ1n) is 14.4. The highest BCUT2D eigenvalue weighted by atomic mass is 35.5. The second kappa shape index (κ2) is 14.6. The summed E-state index contributed by atoms with van der Waals surface area (Å²) < 4.78 is 40.3. The van der Waals surface area contributed by atoms with Gasteiger partial charge in [-0.15, -0.1) is 0 Å². The van der Waals surface area contributed by atoms with E-state index >= 15 is 4.39 Å². The number of methoxy groups -OCH3 is 1. The van der Waals surface area contributed by atoms with E-state index in [1.165, 1.54) is 43.5 Å². The van der Waals surface area contributed by atoms with Crippen LogP contribution in [0.1, 0.15) is 49.0 Å². The van der Waals surface area contributed by atoms with Gasteiger partial charge in [0.1, 0.15) is 11.6 Å². The molecule has 1 aliphatic heterocycles. The van der Waals surface area contributed by atoms with E-state index in [0.717, 1.165) is 0 Å². The fourth-order valence-electron chi connectivity index (χ4n) is 5.61. The number of rotatable bonds is 11. The van der Waals surface area contributed by atoms with Crippen LogP contribution in [0, 0.1) is 17.2 Å². The first-order chi connectivity index (χ1) is 21.4. The van der Waals surface area contributed by atoms with Gasteiger partial charge < -0.3 is 25.4 Å². The summed E-state index contributed by atoms with van der Waals surface area (Å²) >= 11 is 12.3. The summed E-state index contributed by atoms with van der Waals surface area (Å²) in [5, 5.41) is 9.07. The topological polar surface area (TPSA) is 106 Å². The molecular formula is C33H35Cl2F2N3O5. The third-order valence-corrected chi connectivity index (χ3v) is 8.22. The molecule has 4 rings (SSSR count). The van der Waals surface area contributed by atoms with Gasteiger partial charge in [-0.3, -0.25) is 14.0 Å². The van der Waals surface area contributed by atoms with Crippen LogP contribution in [-0.2, 0) is 14.3 Å². The average Bonchev–Trinajstić information content (AvgIpc) is 3.37. The summed E-state index contributed by atoms with van der Waals surface area (Å²) in [6.45, 7) is 4.59. The van der Waals surface area contributed by atoms with Crippen LogP contribution < -0.4 is 20.7 Å². The van der Waals surface area contributed by atoms with Gasteiger partial charge in [-0.2, -0.15) is 0 Å². The number of esters is 1. The Morgan fingerprint density at radius 2 is 1.73 bits per heavy atom. The molecule has 0 bridgehead atoms. The summed E-state index contributed by atoms with van der Waals surface area (Å²) in [5.41, 5.74) is 0.0273. The maximum absolute atomic E-state index is 15.7. The number of hydrogen-bond acceptors (Lipinski definition) is 6. The quantitative estimate of drug-likeness (QED) is 0.191. The molecule has 2 amide bonds. The number of carbonyl (C=O) groups excluding carboxylic acids is 3. The minimum atomic E-state index is -1.16. The number of carbonyl (C=O) groups is 3. The van der Waals surface area contributed by atoms with Gasteiger partial charge in [0.05, 0.1) is 48.6 Å². The maximum atomic E-state index is 15.7. The molecule has 240 valence electrons. The Morgan fingerprint density at radius 3 is 2.40 bits per heavy atom. The molecule has 12 heteroatoms. The summed E-state index contributed by atoms with van der Waals surface area (Å²) in [7, 11) is 1.38. The maximum Gasteiger partial charge on any atom is 0.338 e. The van der Waals surface area contributed by atoms with E-state index in [0.29, 0.717) is 10.7 Å². The third-order valence-electron chi connectivity index (χ3n) is 7.70. The monoisotopic (exact) mass is 661 g/mol. The van der Waals surface area contributed by atoms with Crippen LogP contribution in [0.15, 0.2) is 60.7 Å². The van der Waals surface area contributed by atoms with E-state index in [4.69, 9.17) is 32.7 Å². The molecule has 0 radical (unpaired) electrons. The molecule has 1 heterocycles. The molecule has 0 spiro atoms. The molecule has 4 atom stereocenters. The van der Waals surface area contributed by atoms with E-state index in [9.17, 15) is 18.8 Å². The van der Waals surface area contributed by atoms with E-state index in [-0.39, 0.29) is 40.6 Å². The van der Waals surface area contributed by atoms with Crippen LogP contribution in [0.25, 0.3) is 0 Å². The molecule has 1 fully saturated rings. The van der Waals surface area contributed by atoms with Crippen molar-refractivity contribution in [1.82, 2.24) is 5.32 Å². The largest absolute Gasteiger partial charge is 0.495 e. The van der Waals surface area contributed by atoms with Crippen molar-refractivity contribution in [3.05, 3.63) is 87.7 Å². The van der Waals surface area contributed by atoms with E-state index in [1.54, 1.807) is 45.0 Å². The van der Waals surface area contributed by atoms with Crippen LogP contribution in [0.4, 0.5) is 20.2 Å². The van der Waals surface area contributed by atoms with Gasteiger partial charge in [0.15, 0.2) is 0 Å². The van der Waals surface area contributed by atoms with Gasteiger partial charge in [0.2, 0.25) is 11.8 Å². The molecule has 3 aromatic carbocycles. The van der Waals surface area contributed by atoms with E-state index in [1.807, 2.05) is 0 Å². The van der Waals surface area contributed by atoms with Gasteiger partial charge >= 0.3 is 5.97 Å². The van der Waals surface area contributed by atoms with Gasteiger partial charge in [-0.1, -0.05) is 55.2 Å². The van der Waals surface area contributed by atoms with Crippen molar-refractivity contribution in [2.75, 3.05) is 31.0 Å². The van der Waals surface area contributed by atoms with Crippen LogP contribution in [0.2, 0.25) is 10.0 Å². The second-order valence-electron chi connectivity index (χ2n) is 11.6. The smallest absolute Gasteiger partial charge is 0.338 e. The Bertz CT molecular complexity index is 1570. The second-order valence-corrected chi connectivity index (χ2v) is 12.4. The average molecular weight is 663 g/mol. The van der Waals surface area contributed by atoms with Crippen LogP contribution in [0.3, 0.4) is 0 Å². The lowest BCUT2D eigenvalue weighted by atomic mass is 9.76. The standard InChI is InChI=1S/C33H35Cl2F2N3O5/c1-5-45-32(43)18-12-13-23(25(14-18)44-4)40-31(42)29-26(21-10-7-11-22(35)28(21)37)27(24(39-29)16-33(2,3)17-36)30(41)38-20-9-6-8-19(34)15-20/h6-15,24,26-27,29,39H,5,16-17H2,1-4H3,(H,38,41)(H,40,42)/t24?,26?,27?,29-/m1/s1. The summed E-state index contributed by atoms with van der Waals surface area (Å²) in [6, 6.07) is 13.4. The van der Waals surface area contributed by atoms with Crippen molar-refractivity contribution in [1.29, 1.82) is 0 Å².